The molecule has 9 aliphatic rings. The fourth-order valence-electron chi connectivity index (χ4n) is 12.9. The number of hydrogen-bond donors (Lipinski definition) is 0. The van der Waals surface area contributed by atoms with Crippen LogP contribution in [0.25, 0.3) is 0 Å². The summed E-state index contributed by atoms with van der Waals surface area (Å²) in [6.07, 6.45) is 22.7. The Balaban J connectivity index is 0.980. The number of rotatable bonds is 6. The molecule has 7 unspecified atom stereocenters. The molecule has 0 N–H and O–H groups in total. The van der Waals surface area contributed by atoms with Crippen molar-refractivity contribution in [3.8, 4) is 0 Å². The van der Waals surface area contributed by atoms with Gasteiger partial charge in [0, 0.05) is 18.3 Å². The molecule has 0 radical (unpaired) electrons. The molecule has 4 saturated heterocycles. The molecule has 2 bridgehead atoms. The Kier molecular flexibility index (Phi) is 8.56. The second-order valence-electron chi connectivity index (χ2n) is 19.2. The zero-order chi connectivity index (χ0) is 33.8. The van der Waals surface area contributed by atoms with Gasteiger partial charge in [-0.2, -0.15) is 0 Å². The van der Waals surface area contributed by atoms with Crippen molar-refractivity contribution in [2.24, 2.45) is 70.0 Å². The molecule has 4 aliphatic heterocycles. The second kappa shape index (κ2) is 12.0. The van der Waals surface area contributed by atoms with E-state index in [9.17, 15) is 0 Å². The minimum atomic E-state index is -0.747. The van der Waals surface area contributed by atoms with Crippen LogP contribution in [-0.4, -0.2) is 30.1 Å². The first-order valence-electron chi connectivity index (χ1n) is 20.2. The van der Waals surface area contributed by atoms with Gasteiger partial charge < -0.3 is 14.2 Å². The van der Waals surface area contributed by atoms with Gasteiger partial charge in [0.1, 0.15) is 0 Å². The molecule has 4 heterocycles. The minimum absolute atomic E-state index is 0.181. The molecule has 5 aliphatic carbocycles. The van der Waals surface area contributed by atoms with E-state index in [-0.39, 0.29) is 23.7 Å². The predicted octanol–water partition coefficient (Wildman–Crippen LogP) is 10.6. The van der Waals surface area contributed by atoms with Crippen molar-refractivity contribution >= 4 is 0 Å². The summed E-state index contributed by atoms with van der Waals surface area (Å²) >= 11 is 0. The maximum Gasteiger partial charge on any atom is 0.201 e. The molecule has 0 aromatic rings. The molecule has 1 spiro atoms. The molecule has 0 aromatic heterocycles. The van der Waals surface area contributed by atoms with Crippen LogP contribution >= 0.6 is 0 Å². The summed E-state index contributed by atoms with van der Waals surface area (Å²) in [5, 5.41) is 0. The monoisotopic (exact) mass is 662 g/mol. The third-order valence-electron chi connectivity index (χ3n) is 16.4. The largest absolute Gasteiger partial charge is 0.349 e. The van der Waals surface area contributed by atoms with Gasteiger partial charge in [0.05, 0.1) is 6.10 Å². The third kappa shape index (κ3) is 5.08. The first kappa shape index (κ1) is 34.1. The summed E-state index contributed by atoms with van der Waals surface area (Å²) in [6.45, 7) is 21.5. The molecule has 5 nitrogen and oxygen atoms in total. The summed E-state index contributed by atoms with van der Waals surface area (Å²) in [4.78, 5) is 12.4. The van der Waals surface area contributed by atoms with Crippen molar-refractivity contribution in [3.63, 3.8) is 0 Å². The van der Waals surface area contributed by atoms with Gasteiger partial charge >= 0.3 is 0 Å². The molecular weight excluding hydrogens is 596 g/mol. The predicted molar refractivity (Wildman–Crippen MR) is 189 cm³/mol. The Morgan fingerprint density at radius 1 is 0.812 bits per heavy atom. The lowest BCUT2D eigenvalue weighted by atomic mass is 9.50. The Morgan fingerprint density at radius 2 is 1.62 bits per heavy atom. The van der Waals surface area contributed by atoms with Crippen molar-refractivity contribution in [2.75, 3.05) is 0 Å². The Bertz CT molecular complexity index is 1330. The Morgan fingerprint density at radius 3 is 2.42 bits per heavy atom. The van der Waals surface area contributed by atoms with Crippen LogP contribution in [-0.2, 0) is 24.0 Å². The van der Waals surface area contributed by atoms with E-state index in [1.807, 2.05) is 6.92 Å². The highest BCUT2D eigenvalue weighted by atomic mass is 17.3. The highest BCUT2D eigenvalue weighted by Gasteiger charge is 2.70. The maximum absolute atomic E-state index is 7.03. The zero-order valence-electron chi connectivity index (χ0n) is 31.6. The maximum atomic E-state index is 7.03. The lowest BCUT2D eigenvalue weighted by Crippen LogP contribution is -2.70. The van der Waals surface area contributed by atoms with Crippen LogP contribution in [0.5, 0.6) is 0 Å². The van der Waals surface area contributed by atoms with Crippen LogP contribution in [0.15, 0.2) is 35.5 Å². The highest BCUT2D eigenvalue weighted by molar-refractivity contribution is 5.39. The van der Waals surface area contributed by atoms with E-state index in [2.05, 4.69) is 79.7 Å². The summed E-state index contributed by atoms with van der Waals surface area (Å²) in [5.74, 6) is 4.95. The summed E-state index contributed by atoms with van der Waals surface area (Å²) in [5.41, 5.74) is 3.55. The number of ether oxygens (including phenoxy) is 3. The molecule has 48 heavy (non-hydrogen) atoms. The molecule has 268 valence electrons. The summed E-state index contributed by atoms with van der Waals surface area (Å²) in [7, 11) is 0. The van der Waals surface area contributed by atoms with Crippen LogP contribution in [0.2, 0.25) is 0 Å². The number of fused-ring (bicyclic) bond motifs is 7. The molecule has 0 amide bonds. The van der Waals surface area contributed by atoms with Crippen LogP contribution in [0.4, 0.5) is 0 Å². The fraction of sp³-hybridized carbons (Fsp3) is 0.860. The van der Waals surface area contributed by atoms with E-state index in [1.165, 1.54) is 38.5 Å². The van der Waals surface area contributed by atoms with Gasteiger partial charge in [-0.05, 0) is 129 Å². The van der Waals surface area contributed by atoms with Crippen molar-refractivity contribution < 1.29 is 24.0 Å². The fourth-order valence-corrected chi connectivity index (χ4v) is 12.9. The molecule has 16 atom stereocenters. The molecule has 5 heteroatoms. The zero-order valence-corrected chi connectivity index (χ0v) is 31.6. The van der Waals surface area contributed by atoms with Crippen LogP contribution in [0.3, 0.4) is 0 Å². The quantitative estimate of drug-likeness (QED) is 0.209. The standard InChI is InChI=1S/C43H66O5/c1-25(2)26(3)10-11-27(4)33-16-17-36-32-14-13-30-24-31(18-21-40(30,7)37(32)19-22-41(33,36)8)44-38-29(6)35-15-12-28(5)34-20-23-42(9)46-39(45-38)43(34,35)48-47-42/h10-11,13-14,25-29,31,33-39H,12,15-24H2,1-9H3/b11-10+/t26-,27+,28+,29+,31?,33+,34?,35?,36?,37?,38?,39?,40-,41+,42-,43+/m0/s1. The summed E-state index contributed by atoms with van der Waals surface area (Å²) < 4.78 is 20.5. The smallest absolute Gasteiger partial charge is 0.201 e. The van der Waals surface area contributed by atoms with Crippen LogP contribution in [0, 0.1) is 70.0 Å². The molecule has 8 fully saturated rings. The average Bonchev–Trinajstić information content (AvgIpc) is 3.25. The first-order chi connectivity index (χ1) is 22.8. The van der Waals surface area contributed by atoms with Gasteiger partial charge in [-0.3, -0.25) is 0 Å². The van der Waals surface area contributed by atoms with Gasteiger partial charge in [0.2, 0.25) is 5.79 Å². The van der Waals surface area contributed by atoms with Gasteiger partial charge in [0.25, 0.3) is 0 Å². The number of hydrogen-bond acceptors (Lipinski definition) is 5. The van der Waals surface area contributed by atoms with Gasteiger partial charge in [-0.15, -0.1) is 0 Å². The highest BCUT2D eigenvalue weighted by Crippen LogP contribution is 2.66. The van der Waals surface area contributed by atoms with Gasteiger partial charge in [-0.1, -0.05) is 90.8 Å². The molecule has 4 saturated carbocycles. The van der Waals surface area contributed by atoms with Crippen molar-refractivity contribution in [1.82, 2.24) is 0 Å². The molecule has 9 rings (SSSR count). The minimum Gasteiger partial charge on any atom is -0.349 e. The molecule has 0 aromatic carbocycles. The van der Waals surface area contributed by atoms with Crippen molar-refractivity contribution in [2.45, 2.75) is 163 Å². The van der Waals surface area contributed by atoms with E-state index in [0.29, 0.717) is 46.8 Å². The van der Waals surface area contributed by atoms with Gasteiger partial charge in [-0.25, -0.2) is 9.78 Å². The Labute approximate surface area is 291 Å². The summed E-state index contributed by atoms with van der Waals surface area (Å²) in [6, 6.07) is 0. The van der Waals surface area contributed by atoms with E-state index in [4.69, 9.17) is 24.0 Å². The first-order valence-corrected chi connectivity index (χ1v) is 20.2. The lowest BCUT2D eigenvalue weighted by Gasteiger charge is -2.60. The second-order valence-corrected chi connectivity index (χ2v) is 19.2. The van der Waals surface area contributed by atoms with Gasteiger partial charge in [0.15, 0.2) is 18.2 Å². The topological polar surface area (TPSA) is 46.2 Å². The van der Waals surface area contributed by atoms with E-state index < -0.39 is 17.7 Å². The van der Waals surface area contributed by atoms with Crippen LogP contribution in [0.1, 0.15) is 133 Å². The van der Waals surface area contributed by atoms with Crippen LogP contribution < -0.4 is 0 Å². The number of allylic oxidation sites excluding steroid dienone is 5. The van der Waals surface area contributed by atoms with Crippen molar-refractivity contribution in [3.05, 3.63) is 35.5 Å². The van der Waals surface area contributed by atoms with Crippen molar-refractivity contribution in [1.29, 1.82) is 0 Å². The van der Waals surface area contributed by atoms with E-state index in [0.717, 1.165) is 43.9 Å². The molecular formula is C43H66O5. The SMILES string of the molecule is CC(C)[C@@H](C)/C=C/[C@@H](C)[C@H]1CCC2C3=CC=C4CC(OC5OC6O[C@]7(C)CCC8[C@H](C)CCC([C@H]5C)[C@@]68OO7)CC[C@]4(C)C3CC[C@@]21C. The Hall–Kier alpha value is -0.980. The average molecular weight is 663 g/mol. The van der Waals surface area contributed by atoms with E-state index in [1.54, 1.807) is 11.1 Å². The third-order valence-corrected chi connectivity index (χ3v) is 16.4. The van der Waals surface area contributed by atoms with E-state index >= 15 is 0 Å². The lowest BCUT2D eigenvalue weighted by molar-refractivity contribution is -0.578. The normalized spacial score (nSPS) is 52.5.